The number of aromatic amines is 1. The van der Waals surface area contributed by atoms with E-state index in [9.17, 15) is 4.79 Å². The van der Waals surface area contributed by atoms with Crippen LogP contribution in [0.1, 0.15) is 25.3 Å². The molecule has 0 fully saturated rings. The summed E-state index contributed by atoms with van der Waals surface area (Å²) in [6.45, 7) is 2.84. The van der Waals surface area contributed by atoms with Crippen molar-refractivity contribution >= 4 is 29.3 Å². The number of hydrogen-bond acceptors (Lipinski definition) is 4. The fraction of sp³-hybridized carbons (Fsp3) is 0.211. The van der Waals surface area contributed by atoms with Gasteiger partial charge in [-0.1, -0.05) is 25.5 Å². The number of unbranched alkanes of at least 4 members (excludes halogenated alkanes) is 1. The molecule has 3 rings (SSSR count). The minimum Gasteiger partial charge on any atom is -0.494 e. The first-order chi connectivity index (χ1) is 12.2. The zero-order valence-electron chi connectivity index (χ0n) is 13.9. The Hall–Kier alpha value is -2.73. The summed E-state index contributed by atoms with van der Waals surface area (Å²) in [4.78, 5) is 15.5. The molecule has 128 valence electrons. The second kappa shape index (κ2) is 7.90. The van der Waals surface area contributed by atoms with E-state index < -0.39 is 0 Å². The maximum Gasteiger partial charge on any atom is 0.282 e. The van der Waals surface area contributed by atoms with Crippen molar-refractivity contribution in [1.82, 2.24) is 9.66 Å². The van der Waals surface area contributed by atoms with E-state index in [0.717, 1.165) is 24.2 Å². The fourth-order valence-electron chi connectivity index (χ4n) is 2.37. The quantitative estimate of drug-likeness (QED) is 0.412. The number of hydrogen-bond donors (Lipinski definition) is 1. The molecule has 0 aliphatic rings. The van der Waals surface area contributed by atoms with Crippen LogP contribution in [0.4, 0.5) is 0 Å². The highest BCUT2D eigenvalue weighted by molar-refractivity contribution is 7.71. The molecule has 2 aromatic carbocycles. The Morgan fingerprint density at radius 1 is 1.20 bits per heavy atom. The number of H-pyrrole nitrogens is 1. The van der Waals surface area contributed by atoms with Gasteiger partial charge >= 0.3 is 0 Å². The predicted octanol–water partition coefficient (Wildman–Crippen LogP) is 4.12. The number of fused-ring (bicyclic) bond motifs is 1. The van der Waals surface area contributed by atoms with Crippen molar-refractivity contribution < 1.29 is 4.74 Å². The molecule has 1 N–H and O–H groups in total. The summed E-state index contributed by atoms with van der Waals surface area (Å²) in [5.74, 6) is 0.825. The molecule has 0 unspecified atom stereocenters. The molecular formula is C19H19N3O2S. The molecule has 25 heavy (non-hydrogen) atoms. The average Bonchev–Trinajstić information content (AvgIpc) is 2.63. The SMILES string of the molecule is CCCCOc1ccc(/C=N\n2c(=S)[nH]c3ccccc3c2=O)cc1. The van der Waals surface area contributed by atoms with Crippen molar-refractivity contribution in [1.29, 1.82) is 0 Å². The van der Waals surface area contributed by atoms with Crippen LogP contribution in [0.2, 0.25) is 0 Å². The van der Waals surface area contributed by atoms with Gasteiger partial charge in [0, 0.05) is 0 Å². The molecule has 0 aliphatic heterocycles. The summed E-state index contributed by atoms with van der Waals surface area (Å²) in [5, 5.41) is 4.78. The summed E-state index contributed by atoms with van der Waals surface area (Å²) >= 11 is 5.24. The van der Waals surface area contributed by atoms with Crippen LogP contribution in [0.5, 0.6) is 5.75 Å². The van der Waals surface area contributed by atoms with Gasteiger partial charge in [0.05, 0.1) is 23.7 Å². The monoisotopic (exact) mass is 353 g/mol. The van der Waals surface area contributed by atoms with Crippen molar-refractivity contribution in [3.8, 4) is 5.75 Å². The number of benzene rings is 2. The minimum atomic E-state index is -0.241. The van der Waals surface area contributed by atoms with Crippen LogP contribution < -0.4 is 10.3 Å². The third-order valence-corrected chi connectivity index (χ3v) is 4.03. The van der Waals surface area contributed by atoms with Gasteiger partial charge < -0.3 is 9.72 Å². The summed E-state index contributed by atoms with van der Waals surface area (Å²) in [7, 11) is 0. The highest BCUT2D eigenvalue weighted by Gasteiger charge is 2.03. The normalized spacial score (nSPS) is 11.2. The largest absolute Gasteiger partial charge is 0.494 e. The summed E-state index contributed by atoms with van der Waals surface area (Å²) in [6, 6.07) is 14.8. The molecular weight excluding hydrogens is 334 g/mol. The Bertz CT molecular complexity index is 1000. The fourth-order valence-corrected chi connectivity index (χ4v) is 2.61. The van der Waals surface area contributed by atoms with E-state index in [2.05, 4.69) is 17.0 Å². The van der Waals surface area contributed by atoms with Gasteiger partial charge in [-0.15, -0.1) is 0 Å². The smallest absolute Gasteiger partial charge is 0.282 e. The van der Waals surface area contributed by atoms with Crippen LogP contribution in [0.15, 0.2) is 58.4 Å². The molecule has 0 spiro atoms. The lowest BCUT2D eigenvalue weighted by atomic mass is 10.2. The maximum atomic E-state index is 12.5. The van der Waals surface area contributed by atoms with Gasteiger partial charge in [0.2, 0.25) is 4.77 Å². The summed E-state index contributed by atoms with van der Waals surface area (Å²) in [5.41, 5.74) is 1.32. The number of rotatable bonds is 6. The zero-order chi connectivity index (χ0) is 17.6. The standard InChI is InChI=1S/C19H19N3O2S/c1-2-3-12-24-15-10-8-14(9-11-15)13-20-22-18(23)16-6-4-5-7-17(16)21-19(22)25/h4-11,13H,2-3,12H2,1H3,(H,21,25)/b20-13-. The van der Waals surface area contributed by atoms with E-state index in [4.69, 9.17) is 17.0 Å². The van der Waals surface area contributed by atoms with E-state index in [1.165, 1.54) is 4.68 Å². The van der Waals surface area contributed by atoms with Crippen molar-refractivity contribution in [3.05, 3.63) is 69.2 Å². The first-order valence-electron chi connectivity index (χ1n) is 8.20. The Morgan fingerprint density at radius 3 is 2.72 bits per heavy atom. The Balaban J connectivity index is 1.83. The number of nitrogens with zero attached hydrogens (tertiary/aromatic N) is 2. The van der Waals surface area contributed by atoms with Gasteiger partial charge in [-0.3, -0.25) is 4.79 Å². The van der Waals surface area contributed by atoms with Crippen molar-refractivity contribution in [3.63, 3.8) is 0 Å². The van der Waals surface area contributed by atoms with Gasteiger partial charge in [-0.2, -0.15) is 9.78 Å². The maximum absolute atomic E-state index is 12.5. The lowest BCUT2D eigenvalue weighted by Crippen LogP contribution is -2.18. The summed E-state index contributed by atoms with van der Waals surface area (Å²) in [6.07, 6.45) is 3.74. The molecule has 1 aromatic heterocycles. The van der Waals surface area contributed by atoms with Gasteiger partial charge in [-0.05, 0) is 60.6 Å². The van der Waals surface area contributed by atoms with Crippen LogP contribution in [-0.4, -0.2) is 22.5 Å². The molecule has 3 aromatic rings. The number of nitrogens with one attached hydrogen (secondary N) is 1. The average molecular weight is 353 g/mol. The molecule has 0 saturated heterocycles. The van der Waals surface area contributed by atoms with Gasteiger partial charge in [0.1, 0.15) is 5.75 Å². The second-order valence-corrected chi connectivity index (χ2v) is 6.00. The molecule has 0 bridgehead atoms. The summed E-state index contributed by atoms with van der Waals surface area (Å²) < 4.78 is 7.09. The van der Waals surface area contributed by atoms with E-state index >= 15 is 0 Å². The third kappa shape index (κ3) is 4.03. The number of aromatic nitrogens is 2. The van der Waals surface area contributed by atoms with Crippen LogP contribution >= 0.6 is 12.2 Å². The van der Waals surface area contributed by atoms with Gasteiger partial charge in [0.25, 0.3) is 5.56 Å². The predicted molar refractivity (Wildman–Crippen MR) is 103 cm³/mol. The molecule has 0 radical (unpaired) electrons. The molecule has 0 amide bonds. The van der Waals surface area contributed by atoms with Crippen molar-refractivity contribution in [2.24, 2.45) is 5.10 Å². The lowest BCUT2D eigenvalue weighted by Gasteiger charge is -2.05. The minimum absolute atomic E-state index is 0.241. The Labute approximate surface area is 150 Å². The van der Waals surface area contributed by atoms with Gasteiger partial charge in [-0.25, -0.2) is 0 Å². The number of ether oxygens (including phenoxy) is 1. The highest BCUT2D eigenvalue weighted by Crippen LogP contribution is 2.12. The first kappa shape index (κ1) is 17.1. The third-order valence-electron chi connectivity index (χ3n) is 3.75. The van der Waals surface area contributed by atoms with Crippen molar-refractivity contribution in [2.75, 3.05) is 6.61 Å². The second-order valence-electron chi connectivity index (χ2n) is 5.61. The molecule has 1 heterocycles. The van der Waals surface area contributed by atoms with Crippen LogP contribution in [0.3, 0.4) is 0 Å². The van der Waals surface area contributed by atoms with Crippen LogP contribution in [-0.2, 0) is 0 Å². The first-order valence-corrected chi connectivity index (χ1v) is 8.61. The van der Waals surface area contributed by atoms with E-state index in [1.807, 2.05) is 42.5 Å². The molecule has 0 aliphatic carbocycles. The van der Waals surface area contributed by atoms with Crippen LogP contribution in [0, 0.1) is 4.77 Å². The molecule has 5 nitrogen and oxygen atoms in total. The zero-order valence-corrected chi connectivity index (χ0v) is 14.8. The molecule has 0 saturated carbocycles. The van der Waals surface area contributed by atoms with E-state index in [-0.39, 0.29) is 10.3 Å². The highest BCUT2D eigenvalue weighted by atomic mass is 32.1. The molecule has 0 atom stereocenters. The number of para-hydroxylation sites is 1. The van der Waals surface area contributed by atoms with E-state index in [1.54, 1.807) is 12.3 Å². The Morgan fingerprint density at radius 2 is 1.96 bits per heavy atom. The lowest BCUT2D eigenvalue weighted by molar-refractivity contribution is 0.309. The van der Waals surface area contributed by atoms with Crippen molar-refractivity contribution in [2.45, 2.75) is 19.8 Å². The van der Waals surface area contributed by atoms with Gasteiger partial charge in [0.15, 0.2) is 0 Å². The molecule has 6 heteroatoms. The Kier molecular flexibility index (Phi) is 5.40. The topological polar surface area (TPSA) is 59.4 Å². The van der Waals surface area contributed by atoms with E-state index in [0.29, 0.717) is 17.5 Å². The van der Waals surface area contributed by atoms with Crippen LogP contribution in [0.25, 0.3) is 10.9 Å².